The molecule has 1 aromatic rings. The lowest BCUT2D eigenvalue weighted by atomic mass is 9.85. The van der Waals surface area contributed by atoms with Gasteiger partial charge in [-0.25, -0.2) is 8.42 Å². The van der Waals surface area contributed by atoms with E-state index in [4.69, 9.17) is 5.26 Å². The summed E-state index contributed by atoms with van der Waals surface area (Å²) in [6, 6.07) is 8.26. The number of fused-ring (bicyclic) bond motifs is 1. The maximum Gasteiger partial charge on any atom is 0.243 e. The summed E-state index contributed by atoms with van der Waals surface area (Å²) in [6.45, 7) is 6.27. The van der Waals surface area contributed by atoms with Crippen LogP contribution in [0.15, 0.2) is 29.2 Å². The number of benzene rings is 1. The Balaban J connectivity index is 2.01. The number of hydrogen-bond donors (Lipinski definition) is 1. The first kappa shape index (κ1) is 14.5. The zero-order valence-electron chi connectivity index (χ0n) is 12.2. The average Bonchev–Trinajstić information content (AvgIpc) is 3.01. The SMILES string of the molecule is CC1(C)C2CNCC2CN1S(=O)(=O)c1cccc(C#N)c1. The average molecular weight is 305 g/mol. The van der Waals surface area contributed by atoms with Gasteiger partial charge in [0.25, 0.3) is 0 Å². The summed E-state index contributed by atoms with van der Waals surface area (Å²) in [5.41, 5.74) is -0.0368. The second kappa shape index (κ2) is 4.80. The molecule has 2 aliphatic rings. The maximum atomic E-state index is 12.9. The van der Waals surface area contributed by atoms with E-state index in [1.54, 1.807) is 22.5 Å². The van der Waals surface area contributed by atoms with Gasteiger partial charge in [0.1, 0.15) is 0 Å². The van der Waals surface area contributed by atoms with Crippen LogP contribution in [0, 0.1) is 23.2 Å². The molecule has 0 amide bonds. The lowest BCUT2D eigenvalue weighted by molar-refractivity contribution is 0.233. The van der Waals surface area contributed by atoms with Gasteiger partial charge in [-0.15, -0.1) is 0 Å². The monoisotopic (exact) mass is 305 g/mol. The molecule has 2 atom stereocenters. The second-order valence-corrected chi connectivity index (χ2v) is 8.22. The molecule has 3 rings (SSSR count). The maximum absolute atomic E-state index is 12.9. The van der Waals surface area contributed by atoms with Crippen LogP contribution in [0.2, 0.25) is 0 Å². The zero-order chi connectivity index (χ0) is 15.3. The lowest BCUT2D eigenvalue weighted by Crippen LogP contribution is -2.47. The van der Waals surface area contributed by atoms with Crippen LogP contribution in [0.4, 0.5) is 0 Å². The predicted molar refractivity (Wildman–Crippen MR) is 79.0 cm³/mol. The molecule has 2 fully saturated rings. The molecule has 21 heavy (non-hydrogen) atoms. The van der Waals surface area contributed by atoms with Crippen LogP contribution >= 0.6 is 0 Å². The van der Waals surface area contributed by atoms with Gasteiger partial charge in [0, 0.05) is 18.6 Å². The molecule has 0 radical (unpaired) electrons. The van der Waals surface area contributed by atoms with Crippen LogP contribution in [0.3, 0.4) is 0 Å². The first-order valence-electron chi connectivity index (χ1n) is 7.11. The predicted octanol–water partition coefficient (Wildman–Crippen LogP) is 1.18. The minimum atomic E-state index is -3.57. The lowest BCUT2D eigenvalue weighted by Gasteiger charge is -2.34. The van der Waals surface area contributed by atoms with Crippen molar-refractivity contribution in [1.82, 2.24) is 9.62 Å². The number of nitrogens with one attached hydrogen (secondary N) is 1. The minimum absolute atomic E-state index is 0.211. The third-order valence-electron chi connectivity index (χ3n) is 4.84. The van der Waals surface area contributed by atoms with Gasteiger partial charge in [-0.05, 0) is 50.4 Å². The van der Waals surface area contributed by atoms with Crippen LogP contribution in [0.1, 0.15) is 19.4 Å². The Hall–Kier alpha value is -1.42. The number of rotatable bonds is 2. The Morgan fingerprint density at radius 2 is 2.14 bits per heavy atom. The molecule has 5 nitrogen and oxygen atoms in total. The van der Waals surface area contributed by atoms with E-state index in [1.165, 1.54) is 6.07 Å². The van der Waals surface area contributed by atoms with Crippen molar-refractivity contribution in [3.05, 3.63) is 29.8 Å². The van der Waals surface area contributed by atoms with Gasteiger partial charge in [0.05, 0.1) is 16.5 Å². The summed E-state index contributed by atoms with van der Waals surface area (Å²) in [7, 11) is -3.57. The molecule has 2 heterocycles. The fourth-order valence-electron chi connectivity index (χ4n) is 3.65. The van der Waals surface area contributed by atoms with Crippen LogP contribution in [0.25, 0.3) is 0 Å². The number of nitrogens with zero attached hydrogens (tertiary/aromatic N) is 2. The van der Waals surface area contributed by atoms with E-state index in [0.29, 0.717) is 23.9 Å². The zero-order valence-corrected chi connectivity index (χ0v) is 13.0. The summed E-state index contributed by atoms with van der Waals surface area (Å²) in [4.78, 5) is 0.211. The van der Waals surface area contributed by atoms with Crippen molar-refractivity contribution >= 4 is 10.0 Å². The molecule has 2 saturated heterocycles. The highest BCUT2D eigenvalue weighted by molar-refractivity contribution is 7.89. The Kier molecular flexibility index (Phi) is 3.32. The molecule has 6 heteroatoms. The standard InChI is InChI=1S/C15H19N3O2S/c1-15(2)14-9-17-8-12(14)10-18(15)21(19,20)13-5-3-4-11(6-13)7-16/h3-6,12,14,17H,8-10H2,1-2H3. The highest BCUT2D eigenvalue weighted by Crippen LogP contribution is 2.43. The van der Waals surface area contributed by atoms with Gasteiger partial charge in [0.2, 0.25) is 10.0 Å². The van der Waals surface area contributed by atoms with Crippen molar-refractivity contribution in [3.63, 3.8) is 0 Å². The van der Waals surface area contributed by atoms with E-state index in [9.17, 15) is 8.42 Å². The van der Waals surface area contributed by atoms with Crippen molar-refractivity contribution in [2.24, 2.45) is 11.8 Å². The third kappa shape index (κ3) is 2.16. The minimum Gasteiger partial charge on any atom is -0.316 e. The van der Waals surface area contributed by atoms with E-state index in [-0.39, 0.29) is 4.90 Å². The van der Waals surface area contributed by atoms with Gasteiger partial charge in [-0.1, -0.05) is 6.07 Å². The molecule has 2 unspecified atom stereocenters. The number of sulfonamides is 1. The molecular formula is C15H19N3O2S. The van der Waals surface area contributed by atoms with Crippen molar-refractivity contribution < 1.29 is 8.42 Å². The van der Waals surface area contributed by atoms with Crippen LogP contribution < -0.4 is 5.32 Å². The van der Waals surface area contributed by atoms with Gasteiger partial charge < -0.3 is 5.32 Å². The smallest absolute Gasteiger partial charge is 0.243 e. The van der Waals surface area contributed by atoms with Gasteiger partial charge in [-0.2, -0.15) is 9.57 Å². The molecule has 0 bridgehead atoms. The first-order chi connectivity index (χ1) is 9.87. The highest BCUT2D eigenvalue weighted by Gasteiger charge is 2.54. The Bertz CT molecular complexity index is 706. The Labute approximate surface area is 125 Å². The first-order valence-corrected chi connectivity index (χ1v) is 8.55. The Morgan fingerprint density at radius 3 is 2.81 bits per heavy atom. The van der Waals surface area contributed by atoms with Crippen molar-refractivity contribution in [2.75, 3.05) is 19.6 Å². The molecule has 112 valence electrons. The normalized spacial score (nSPS) is 28.2. The number of hydrogen-bond acceptors (Lipinski definition) is 4. The molecule has 0 aromatic heterocycles. The van der Waals surface area contributed by atoms with Crippen LogP contribution in [0.5, 0.6) is 0 Å². The van der Waals surface area contributed by atoms with Crippen molar-refractivity contribution in [2.45, 2.75) is 24.3 Å². The quantitative estimate of drug-likeness (QED) is 0.890. The van der Waals surface area contributed by atoms with Gasteiger partial charge in [-0.3, -0.25) is 0 Å². The topological polar surface area (TPSA) is 73.2 Å². The summed E-state index contributed by atoms with van der Waals surface area (Å²) in [5.74, 6) is 0.709. The van der Waals surface area contributed by atoms with E-state index in [0.717, 1.165) is 13.1 Å². The van der Waals surface area contributed by atoms with Crippen molar-refractivity contribution in [1.29, 1.82) is 5.26 Å². The Morgan fingerprint density at radius 1 is 1.38 bits per heavy atom. The molecule has 1 N–H and O–H groups in total. The van der Waals surface area contributed by atoms with Crippen molar-refractivity contribution in [3.8, 4) is 6.07 Å². The molecule has 0 saturated carbocycles. The van der Waals surface area contributed by atoms with Gasteiger partial charge >= 0.3 is 0 Å². The van der Waals surface area contributed by atoms with Crippen LogP contribution in [-0.4, -0.2) is 37.9 Å². The summed E-state index contributed by atoms with van der Waals surface area (Å²) >= 11 is 0. The second-order valence-electron chi connectivity index (χ2n) is 6.35. The highest BCUT2D eigenvalue weighted by atomic mass is 32.2. The molecule has 0 aliphatic carbocycles. The molecule has 0 spiro atoms. The van der Waals surface area contributed by atoms with E-state index in [1.807, 2.05) is 19.9 Å². The summed E-state index contributed by atoms with van der Waals surface area (Å²) < 4.78 is 27.5. The van der Waals surface area contributed by atoms with E-state index < -0.39 is 15.6 Å². The van der Waals surface area contributed by atoms with E-state index >= 15 is 0 Å². The molecule has 2 aliphatic heterocycles. The summed E-state index contributed by atoms with van der Waals surface area (Å²) in [6.07, 6.45) is 0. The molecule has 1 aromatic carbocycles. The fraction of sp³-hybridized carbons (Fsp3) is 0.533. The van der Waals surface area contributed by atoms with E-state index in [2.05, 4.69) is 5.32 Å². The van der Waals surface area contributed by atoms with Crippen LogP contribution in [-0.2, 0) is 10.0 Å². The number of nitriles is 1. The molecular weight excluding hydrogens is 286 g/mol. The fourth-order valence-corrected chi connectivity index (χ4v) is 5.57. The van der Waals surface area contributed by atoms with Gasteiger partial charge in [0.15, 0.2) is 0 Å². The largest absolute Gasteiger partial charge is 0.316 e. The third-order valence-corrected chi connectivity index (χ3v) is 6.89. The summed E-state index contributed by atoms with van der Waals surface area (Å²) in [5, 5.41) is 12.3.